The maximum Gasteiger partial charge on any atom is 0.348 e. The quantitative estimate of drug-likeness (QED) is 0.297. The lowest BCUT2D eigenvalue weighted by Gasteiger charge is -2.12. The van der Waals surface area contributed by atoms with Crippen molar-refractivity contribution < 1.29 is 45.0 Å². The highest BCUT2D eigenvalue weighted by molar-refractivity contribution is 7.91. The van der Waals surface area contributed by atoms with Crippen LogP contribution >= 0.6 is 11.3 Å². The van der Waals surface area contributed by atoms with Crippen molar-refractivity contribution >= 4 is 39.0 Å². The molecule has 29 heavy (non-hydrogen) atoms. The molecule has 0 aliphatic heterocycles. The second kappa shape index (κ2) is 8.34. The minimum Gasteiger partial charge on any atom is -0.465 e. The van der Waals surface area contributed by atoms with Gasteiger partial charge in [0.1, 0.15) is 10.6 Å². The highest BCUT2D eigenvalue weighted by Gasteiger charge is 2.33. The Bertz CT molecular complexity index is 1070. The molecule has 0 unspecified atom stereocenters. The number of sulfonamides is 1. The predicted molar refractivity (Wildman–Crippen MR) is 92.0 cm³/mol. The van der Waals surface area contributed by atoms with Crippen LogP contribution in [0.2, 0.25) is 0 Å². The molecule has 1 aromatic heterocycles. The molecular weight excluding hydrogens is 444 g/mol. The molecule has 0 amide bonds. The maximum atomic E-state index is 13.7. The molecule has 0 spiro atoms. The number of carbonyl (C=O) groups excluding carboxylic acids is 2. The van der Waals surface area contributed by atoms with Crippen molar-refractivity contribution in [3.05, 3.63) is 45.3 Å². The van der Waals surface area contributed by atoms with E-state index in [2.05, 4.69) is 9.47 Å². The van der Waals surface area contributed by atoms with Crippen molar-refractivity contribution in [3.63, 3.8) is 0 Å². The second-order valence-corrected chi connectivity index (χ2v) is 8.17. The van der Waals surface area contributed by atoms with Crippen molar-refractivity contribution in [1.82, 2.24) is 4.83 Å². The average Bonchev–Trinajstić information content (AvgIpc) is 3.03. The summed E-state index contributed by atoms with van der Waals surface area (Å²) < 4.78 is 87.3. The Labute approximate surface area is 165 Å². The molecule has 0 aliphatic rings. The van der Waals surface area contributed by atoms with Gasteiger partial charge in [0.2, 0.25) is 0 Å². The fraction of sp³-hybridized carbons (Fsp3) is 0.200. The molecule has 2 aromatic rings. The summed E-state index contributed by atoms with van der Waals surface area (Å²) >= 11 is 0.318. The van der Waals surface area contributed by atoms with Gasteiger partial charge in [0.05, 0.1) is 19.8 Å². The van der Waals surface area contributed by atoms with E-state index in [1.165, 1.54) is 17.2 Å². The van der Waals surface area contributed by atoms with Crippen LogP contribution in [0.25, 0.3) is 0 Å². The van der Waals surface area contributed by atoms with Gasteiger partial charge in [-0.05, 0) is 12.5 Å². The number of rotatable bonds is 6. The molecule has 158 valence electrons. The molecule has 2 N–H and O–H groups in total. The Hall–Kier alpha value is -2.71. The number of benzene rings is 1. The number of ether oxygens (including phenoxy) is 2. The summed E-state index contributed by atoms with van der Waals surface area (Å²) in [6.45, 7) is 1.25. The zero-order valence-electron chi connectivity index (χ0n) is 14.9. The number of esters is 2. The number of nitrogens with one attached hydrogen (secondary N) is 2. The minimum absolute atomic E-state index is 0.0645. The largest absolute Gasteiger partial charge is 0.465 e. The van der Waals surface area contributed by atoms with Crippen molar-refractivity contribution in [2.75, 3.05) is 19.6 Å². The topological polar surface area (TPSA) is 111 Å². The van der Waals surface area contributed by atoms with Gasteiger partial charge in [-0.25, -0.2) is 35.6 Å². The average molecular weight is 456 g/mol. The molecule has 0 bridgehead atoms. The molecule has 0 aliphatic carbocycles. The van der Waals surface area contributed by atoms with Gasteiger partial charge < -0.3 is 14.9 Å². The zero-order chi connectivity index (χ0) is 22.1. The standard InChI is InChI=1S/C15H12F4N2O6S2/c1-5-8(13(22)26-2)15(28-12(5)14(23)27-3)29(24,25)21-20-11-9(18)6(16)4-7(17)10(11)19/h4,20-21H,1-3H3. The molecule has 8 nitrogen and oxygen atoms in total. The van der Waals surface area contributed by atoms with E-state index in [1.807, 2.05) is 0 Å². The van der Waals surface area contributed by atoms with Gasteiger partial charge in [0.25, 0.3) is 10.0 Å². The van der Waals surface area contributed by atoms with E-state index in [4.69, 9.17) is 0 Å². The van der Waals surface area contributed by atoms with E-state index in [-0.39, 0.29) is 16.5 Å². The van der Waals surface area contributed by atoms with Crippen molar-refractivity contribution in [3.8, 4) is 0 Å². The van der Waals surface area contributed by atoms with Crippen LogP contribution in [0.1, 0.15) is 25.6 Å². The normalized spacial score (nSPS) is 11.3. The highest BCUT2D eigenvalue weighted by Crippen LogP contribution is 2.33. The van der Waals surface area contributed by atoms with Crippen LogP contribution in [0.15, 0.2) is 10.3 Å². The van der Waals surface area contributed by atoms with Crippen molar-refractivity contribution in [1.29, 1.82) is 0 Å². The Morgan fingerprint density at radius 1 is 1.00 bits per heavy atom. The Balaban J connectivity index is 2.52. The first-order valence-electron chi connectivity index (χ1n) is 7.37. The molecule has 0 atom stereocenters. The van der Waals surface area contributed by atoms with Crippen LogP contribution in [-0.2, 0) is 19.5 Å². The summed E-state index contributed by atoms with van der Waals surface area (Å²) in [5.74, 6) is -9.41. The molecule has 2 rings (SSSR count). The fourth-order valence-electron chi connectivity index (χ4n) is 2.15. The molecule has 0 saturated carbocycles. The molecule has 0 saturated heterocycles. The van der Waals surface area contributed by atoms with Crippen molar-refractivity contribution in [2.45, 2.75) is 11.1 Å². The van der Waals surface area contributed by atoms with Crippen molar-refractivity contribution in [2.24, 2.45) is 0 Å². The molecule has 14 heteroatoms. The van der Waals surface area contributed by atoms with E-state index < -0.39 is 60.7 Å². The lowest BCUT2D eigenvalue weighted by atomic mass is 10.2. The fourth-order valence-corrected chi connectivity index (χ4v) is 4.74. The summed E-state index contributed by atoms with van der Waals surface area (Å²) in [6.07, 6.45) is 0. The van der Waals surface area contributed by atoms with E-state index in [1.54, 1.807) is 0 Å². The summed E-state index contributed by atoms with van der Waals surface area (Å²) in [5.41, 5.74) is -0.533. The van der Waals surface area contributed by atoms with Crippen LogP contribution in [-0.4, -0.2) is 34.6 Å². The second-order valence-electron chi connectivity index (χ2n) is 5.28. The summed E-state index contributed by atoms with van der Waals surface area (Å²) in [4.78, 5) is 25.1. The molecule has 1 aromatic carbocycles. The monoisotopic (exact) mass is 456 g/mol. The first kappa shape index (κ1) is 22.6. The zero-order valence-corrected chi connectivity index (χ0v) is 16.5. The first-order chi connectivity index (χ1) is 13.5. The molecular formula is C15H12F4N2O6S2. The Morgan fingerprint density at radius 2 is 1.52 bits per heavy atom. The van der Waals surface area contributed by atoms with Gasteiger partial charge in [-0.2, -0.15) is 0 Å². The van der Waals surface area contributed by atoms with Gasteiger partial charge in [-0.1, -0.05) is 0 Å². The first-order valence-corrected chi connectivity index (χ1v) is 9.67. The van der Waals surface area contributed by atoms with Gasteiger partial charge in [-0.3, -0.25) is 0 Å². The van der Waals surface area contributed by atoms with E-state index in [9.17, 15) is 35.6 Å². The Kier molecular flexibility index (Phi) is 6.50. The third-order valence-corrected chi connectivity index (χ3v) is 6.58. The summed E-state index contributed by atoms with van der Waals surface area (Å²) in [6, 6.07) is -0.0645. The van der Waals surface area contributed by atoms with Crippen LogP contribution < -0.4 is 10.3 Å². The number of hydrogen-bond donors (Lipinski definition) is 2. The summed E-state index contributed by atoms with van der Waals surface area (Å²) in [5, 5.41) is 0. The highest BCUT2D eigenvalue weighted by atomic mass is 32.2. The number of hydrazine groups is 1. The summed E-state index contributed by atoms with van der Waals surface area (Å²) in [7, 11) is -2.79. The number of thiophene rings is 1. The number of anilines is 1. The van der Waals surface area contributed by atoms with Crippen LogP contribution in [0.3, 0.4) is 0 Å². The predicted octanol–water partition coefficient (Wildman–Crippen LogP) is 2.49. The van der Waals surface area contributed by atoms with Gasteiger partial charge >= 0.3 is 11.9 Å². The van der Waals surface area contributed by atoms with Crippen LogP contribution in [0.5, 0.6) is 0 Å². The van der Waals surface area contributed by atoms with Gasteiger partial charge in [0.15, 0.2) is 27.5 Å². The smallest absolute Gasteiger partial charge is 0.348 e. The lowest BCUT2D eigenvalue weighted by Crippen LogP contribution is -2.31. The van der Waals surface area contributed by atoms with Crippen LogP contribution in [0, 0.1) is 30.2 Å². The molecule has 0 fully saturated rings. The third-order valence-electron chi connectivity index (χ3n) is 3.54. The van der Waals surface area contributed by atoms with Gasteiger partial charge in [-0.15, -0.1) is 16.2 Å². The number of hydrogen-bond acceptors (Lipinski definition) is 8. The molecule has 0 radical (unpaired) electrons. The number of halogens is 4. The maximum absolute atomic E-state index is 13.7. The van der Waals surface area contributed by atoms with E-state index in [0.29, 0.717) is 11.3 Å². The SMILES string of the molecule is COC(=O)c1sc(S(=O)(=O)NNc2c(F)c(F)cc(F)c2F)c(C(=O)OC)c1C. The number of carbonyl (C=O) groups is 2. The van der Waals surface area contributed by atoms with Crippen LogP contribution in [0.4, 0.5) is 23.2 Å². The van der Waals surface area contributed by atoms with E-state index >= 15 is 0 Å². The number of methoxy groups -OCH3 is 2. The molecule has 1 heterocycles. The van der Waals surface area contributed by atoms with Gasteiger partial charge in [0, 0.05) is 6.07 Å². The van der Waals surface area contributed by atoms with E-state index in [0.717, 1.165) is 14.2 Å². The lowest BCUT2D eigenvalue weighted by molar-refractivity contribution is 0.0596. The minimum atomic E-state index is -4.78. The third kappa shape index (κ3) is 4.18. The Morgan fingerprint density at radius 3 is 2.00 bits per heavy atom.